The number of likely N-dealkylation sites (tertiary alicyclic amines) is 1. The number of benzene rings is 1. The van der Waals surface area contributed by atoms with Crippen LogP contribution >= 0.6 is 0 Å². The molecule has 2 saturated heterocycles. The predicted octanol–water partition coefficient (Wildman–Crippen LogP) is 1.28. The average molecular weight is 534 g/mol. The molecule has 1 aromatic carbocycles. The van der Waals surface area contributed by atoms with Crippen LogP contribution in [0, 0.1) is 10.8 Å². The van der Waals surface area contributed by atoms with Crippen LogP contribution in [0.15, 0.2) is 24.3 Å². The van der Waals surface area contributed by atoms with Crippen molar-refractivity contribution >= 4 is 29.6 Å². The maximum absolute atomic E-state index is 13.2. The van der Waals surface area contributed by atoms with Gasteiger partial charge in [-0.15, -0.1) is 0 Å². The molecule has 3 aliphatic rings. The molecule has 1 atom stereocenters. The number of piperidine rings is 1. The van der Waals surface area contributed by atoms with Gasteiger partial charge in [0.05, 0.1) is 24.6 Å². The lowest BCUT2D eigenvalue weighted by molar-refractivity contribution is -0.140. The molecule has 3 aliphatic heterocycles. The van der Waals surface area contributed by atoms with E-state index in [1.165, 1.54) is 11.9 Å². The summed E-state index contributed by atoms with van der Waals surface area (Å²) in [7, 11) is 1.52. The number of carbonyl (C=O) groups excluding carboxylic acids is 3. The smallest absolute Gasteiger partial charge is 0.255 e. The van der Waals surface area contributed by atoms with E-state index in [9.17, 15) is 14.4 Å². The Balaban J connectivity index is 1.41. The molecule has 206 valence electrons. The maximum atomic E-state index is 13.2. The highest BCUT2D eigenvalue weighted by atomic mass is 16.5. The third-order valence-corrected chi connectivity index (χ3v) is 8.24. The molecule has 2 fully saturated rings. The number of hydrogen-bond acceptors (Lipinski definition) is 8. The lowest BCUT2D eigenvalue weighted by Gasteiger charge is -2.47. The summed E-state index contributed by atoms with van der Waals surface area (Å²) in [5, 5.41) is 10.7. The average Bonchev–Trinajstić information content (AvgIpc) is 3.24. The van der Waals surface area contributed by atoms with Crippen molar-refractivity contribution in [2.75, 3.05) is 39.1 Å². The van der Waals surface area contributed by atoms with Gasteiger partial charge in [-0.2, -0.15) is 0 Å². The van der Waals surface area contributed by atoms with Gasteiger partial charge in [-0.3, -0.25) is 19.9 Å². The van der Waals surface area contributed by atoms with Crippen molar-refractivity contribution in [1.29, 1.82) is 5.41 Å². The van der Waals surface area contributed by atoms with Gasteiger partial charge in [-0.05, 0) is 61.7 Å². The Kier molecular flexibility index (Phi) is 7.37. The lowest BCUT2D eigenvalue weighted by atomic mass is 9.77. The Morgan fingerprint density at radius 3 is 2.64 bits per heavy atom. The minimum atomic E-state index is -0.732. The highest BCUT2D eigenvalue weighted by Crippen LogP contribution is 2.39. The van der Waals surface area contributed by atoms with Gasteiger partial charge in [0.2, 0.25) is 5.91 Å². The summed E-state index contributed by atoms with van der Waals surface area (Å²) in [4.78, 5) is 45.1. The van der Waals surface area contributed by atoms with Crippen molar-refractivity contribution in [2.45, 2.75) is 44.8 Å². The zero-order valence-corrected chi connectivity index (χ0v) is 22.2. The van der Waals surface area contributed by atoms with Crippen molar-refractivity contribution in [3.63, 3.8) is 0 Å². The van der Waals surface area contributed by atoms with Crippen LogP contribution in [0.4, 0.5) is 5.69 Å². The van der Waals surface area contributed by atoms with Gasteiger partial charge in [0.25, 0.3) is 5.91 Å². The summed E-state index contributed by atoms with van der Waals surface area (Å²) in [5.74, 6) is -0.750. The standard InChI is InChI=1S/C28H35N7O4/c1-32-26(37)22(3-2-10-36)35-14-18-11-17(4-5-20(18)27(35)38)21-12-19(23(29)24(33-21)25(30)31)13-34-8-6-28(7-9-34)15-39-16-28/h4-5,10-12,22H,2-3,6-9,13-16,29H2,1H3,(H3,30,31)(H,32,37). The molecule has 4 heterocycles. The second-order valence-corrected chi connectivity index (χ2v) is 10.8. The van der Waals surface area contributed by atoms with E-state index < -0.39 is 6.04 Å². The normalized spacial score (nSPS) is 18.9. The number of aromatic nitrogens is 1. The summed E-state index contributed by atoms with van der Waals surface area (Å²) < 4.78 is 5.45. The fourth-order valence-corrected chi connectivity index (χ4v) is 5.77. The van der Waals surface area contributed by atoms with Crippen molar-refractivity contribution in [3.05, 3.63) is 46.6 Å². The lowest BCUT2D eigenvalue weighted by Crippen LogP contribution is -2.50. The third-order valence-electron chi connectivity index (χ3n) is 8.24. The minimum absolute atomic E-state index is 0.182. The third kappa shape index (κ3) is 5.11. The first-order valence-corrected chi connectivity index (χ1v) is 13.3. The molecule has 0 radical (unpaired) electrons. The number of hydrogen-bond donors (Lipinski definition) is 4. The van der Waals surface area contributed by atoms with Gasteiger partial charge in [0.1, 0.15) is 23.9 Å². The van der Waals surface area contributed by atoms with Gasteiger partial charge in [-0.25, -0.2) is 4.98 Å². The van der Waals surface area contributed by atoms with Gasteiger partial charge in [0.15, 0.2) is 0 Å². The molecule has 39 heavy (non-hydrogen) atoms. The number of nitrogens with one attached hydrogen (secondary N) is 2. The zero-order valence-electron chi connectivity index (χ0n) is 22.2. The molecular formula is C28H35N7O4. The molecule has 11 heteroatoms. The van der Waals surface area contributed by atoms with Gasteiger partial charge in [-0.1, -0.05) is 6.07 Å². The summed E-state index contributed by atoms with van der Waals surface area (Å²) >= 11 is 0. The van der Waals surface area contributed by atoms with Crippen LogP contribution in [0.25, 0.3) is 11.3 Å². The summed E-state index contributed by atoms with van der Waals surface area (Å²) in [6.45, 7) is 4.46. The predicted molar refractivity (Wildman–Crippen MR) is 146 cm³/mol. The fraction of sp³-hybridized carbons (Fsp3) is 0.464. The van der Waals surface area contributed by atoms with Crippen LogP contribution in [0.5, 0.6) is 0 Å². The molecule has 1 aromatic heterocycles. The first-order chi connectivity index (χ1) is 18.7. The van der Waals surface area contributed by atoms with E-state index in [0.29, 0.717) is 28.9 Å². The second kappa shape index (κ2) is 10.7. The number of amidine groups is 1. The van der Waals surface area contributed by atoms with E-state index in [2.05, 4.69) is 15.2 Å². The Bertz CT molecular complexity index is 1310. The highest BCUT2D eigenvalue weighted by molar-refractivity contribution is 6.02. The van der Waals surface area contributed by atoms with Crippen molar-refractivity contribution < 1.29 is 19.1 Å². The number of likely N-dealkylation sites (N-methyl/N-ethyl adjacent to an activating group) is 1. The van der Waals surface area contributed by atoms with Crippen LogP contribution in [0.2, 0.25) is 0 Å². The van der Waals surface area contributed by atoms with Gasteiger partial charge in [0, 0.05) is 43.1 Å². The zero-order chi connectivity index (χ0) is 27.7. The maximum Gasteiger partial charge on any atom is 0.255 e. The van der Waals surface area contributed by atoms with Crippen LogP contribution in [-0.2, 0) is 27.4 Å². The molecule has 6 N–H and O–H groups in total. The van der Waals surface area contributed by atoms with E-state index in [4.69, 9.17) is 21.6 Å². The molecule has 2 amide bonds. The van der Waals surface area contributed by atoms with Crippen molar-refractivity contribution in [3.8, 4) is 11.3 Å². The topological polar surface area (TPSA) is 168 Å². The van der Waals surface area contributed by atoms with E-state index in [1.807, 2.05) is 18.2 Å². The Labute approximate surface area is 227 Å². The van der Waals surface area contributed by atoms with E-state index in [1.54, 1.807) is 6.07 Å². The number of carbonyl (C=O) groups is 3. The monoisotopic (exact) mass is 533 g/mol. The van der Waals surface area contributed by atoms with Crippen LogP contribution in [0.3, 0.4) is 0 Å². The Morgan fingerprint density at radius 1 is 1.28 bits per heavy atom. The molecule has 0 aliphatic carbocycles. The van der Waals surface area contributed by atoms with Gasteiger partial charge < -0.3 is 31.2 Å². The van der Waals surface area contributed by atoms with Crippen LogP contribution in [0.1, 0.15) is 52.9 Å². The Morgan fingerprint density at radius 2 is 2.03 bits per heavy atom. The molecule has 11 nitrogen and oxygen atoms in total. The SMILES string of the molecule is CNC(=O)C(CCC=O)N1Cc2cc(-c3cc(CN4CCC5(CC4)COC5)c(N)c(C(=N)N)n3)ccc2C1=O. The number of nitrogens with zero attached hydrogens (tertiary/aromatic N) is 3. The number of fused-ring (bicyclic) bond motifs is 1. The molecule has 2 aromatic rings. The largest absolute Gasteiger partial charge is 0.397 e. The summed E-state index contributed by atoms with van der Waals surface area (Å²) in [5.41, 5.74) is 16.8. The van der Waals surface area contributed by atoms with Crippen molar-refractivity contribution in [1.82, 2.24) is 20.1 Å². The number of nitrogens with two attached hydrogens (primary N) is 2. The first-order valence-electron chi connectivity index (χ1n) is 13.3. The summed E-state index contributed by atoms with van der Waals surface area (Å²) in [6.07, 6.45) is 3.36. The van der Waals surface area contributed by atoms with E-state index in [-0.39, 0.29) is 42.7 Å². The molecule has 5 rings (SSSR count). The number of anilines is 1. The fourth-order valence-electron chi connectivity index (χ4n) is 5.77. The van der Waals surface area contributed by atoms with Crippen LogP contribution < -0.4 is 16.8 Å². The number of rotatable bonds is 9. The Hall–Kier alpha value is -3.83. The minimum Gasteiger partial charge on any atom is -0.397 e. The molecule has 1 unspecified atom stereocenters. The molecular weight excluding hydrogens is 498 g/mol. The van der Waals surface area contributed by atoms with Crippen LogP contribution in [-0.4, -0.2) is 78.1 Å². The molecule has 0 bridgehead atoms. The van der Waals surface area contributed by atoms with Gasteiger partial charge >= 0.3 is 0 Å². The number of aldehydes is 1. The quantitative estimate of drug-likeness (QED) is 0.212. The van der Waals surface area contributed by atoms with Crippen molar-refractivity contribution in [2.24, 2.45) is 11.1 Å². The molecule has 0 saturated carbocycles. The number of pyridine rings is 1. The summed E-state index contributed by atoms with van der Waals surface area (Å²) in [6, 6.07) is 6.65. The number of nitrogen functional groups attached to an aromatic ring is 2. The highest BCUT2D eigenvalue weighted by Gasteiger charge is 2.41. The number of ether oxygens (including phenoxy) is 1. The number of amides is 2. The molecule has 1 spiro atoms. The van der Waals surface area contributed by atoms with E-state index >= 15 is 0 Å². The second-order valence-electron chi connectivity index (χ2n) is 10.8. The first kappa shape index (κ1) is 26.8. The van der Waals surface area contributed by atoms with E-state index in [0.717, 1.165) is 62.1 Å².